The number of benzene rings is 8. The van der Waals surface area contributed by atoms with Crippen LogP contribution in [0.3, 0.4) is 0 Å². The molecule has 0 spiro atoms. The van der Waals surface area contributed by atoms with Crippen LogP contribution in [0.15, 0.2) is 200 Å². The molecule has 312 valence electrons. The highest BCUT2D eigenvalue weighted by atomic mass is 32.1. The first-order valence-corrected chi connectivity index (χ1v) is 23.3. The molecule has 11 rings (SSSR count). The lowest BCUT2D eigenvalue weighted by Crippen LogP contribution is -2.10. The van der Waals surface area contributed by atoms with Gasteiger partial charge in [0.2, 0.25) is 0 Å². The highest BCUT2D eigenvalue weighted by Gasteiger charge is 2.23. The summed E-state index contributed by atoms with van der Waals surface area (Å²) in [5, 5.41) is 1.27. The van der Waals surface area contributed by atoms with E-state index in [-0.39, 0.29) is 5.41 Å². The van der Waals surface area contributed by atoms with Gasteiger partial charge < -0.3 is 0 Å². The number of hydrogen-bond acceptors (Lipinski definition) is 4. The third-order valence-electron chi connectivity index (χ3n) is 12.5. The molecule has 0 atom stereocenters. The van der Waals surface area contributed by atoms with Crippen LogP contribution in [0, 0.1) is 0 Å². The predicted molar refractivity (Wildman–Crippen MR) is 275 cm³/mol. The summed E-state index contributed by atoms with van der Waals surface area (Å²) in [4.78, 5) is 17.5. The number of fused-ring (bicyclic) bond motifs is 3. The minimum atomic E-state index is 0.0769. The van der Waals surface area contributed by atoms with Crippen molar-refractivity contribution in [2.24, 2.45) is 0 Å². The third-order valence-corrected chi connectivity index (χ3v) is 13.8. The predicted octanol–water partition coefficient (Wildman–Crippen LogP) is 16.7. The van der Waals surface area contributed by atoms with Crippen LogP contribution < -0.4 is 0 Å². The molecule has 4 heteroatoms. The summed E-state index contributed by atoms with van der Waals surface area (Å²) < 4.78 is 1.21. The van der Waals surface area contributed by atoms with E-state index in [9.17, 15) is 0 Å². The van der Waals surface area contributed by atoms with E-state index in [1.54, 1.807) is 0 Å². The van der Waals surface area contributed by atoms with Gasteiger partial charge in [0.1, 0.15) is 0 Å². The fourth-order valence-corrected chi connectivity index (χ4v) is 10.4. The van der Waals surface area contributed by atoms with Crippen LogP contribution in [0.5, 0.6) is 0 Å². The number of aryl methyl sites for hydroxylation is 1. The van der Waals surface area contributed by atoms with Crippen molar-refractivity contribution < 1.29 is 0 Å². The second-order valence-corrected chi connectivity index (χ2v) is 19.0. The summed E-state index contributed by atoms with van der Waals surface area (Å²) in [6.07, 6.45) is 6.71. The molecule has 65 heavy (non-hydrogen) atoms. The number of aromatic nitrogens is 3. The van der Waals surface area contributed by atoms with Crippen molar-refractivity contribution in [3.63, 3.8) is 0 Å². The van der Waals surface area contributed by atoms with E-state index in [1.807, 2.05) is 29.5 Å². The van der Waals surface area contributed by atoms with E-state index >= 15 is 0 Å². The zero-order valence-corrected chi connectivity index (χ0v) is 37.6. The van der Waals surface area contributed by atoms with E-state index in [0.29, 0.717) is 17.5 Å². The van der Waals surface area contributed by atoms with E-state index in [2.05, 4.69) is 209 Å². The SMILES string of the molecule is CC(C)(C)c1ccc(-c2ccc(-c3nc(-c4ccccc4)nc(-c4cc(-c5ccccc5)cc(-c5cc(-c6ccccc6)cc(-c6ccccc6)c5)c4)n3)c3sc4c(c23)C=CCC4)cc1. The van der Waals surface area contributed by atoms with Crippen LogP contribution >= 0.6 is 11.3 Å². The van der Waals surface area contributed by atoms with E-state index in [1.165, 1.54) is 48.3 Å². The molecule has 3 nitrogen and oxygen atoms in total. The summed E-state index contributed by atoms with van der Waals surface area (Å²) in [6.45, 7) is 6.81. The Morgan fingerprint density at radius 2 is 0.831 bits per heavy atom. The molecular weight excluding hydrogens is 807 g/mol. The third kappa shape index (κ3) is 8.03. The lowest BCUT2D eigenvalue weighted by atomic mass is 9.85. The van der Waals surface area contributed by atoms with Gasteiger partial charge in [0.25, 0.3) is 0 Å². The van der Waals surface area contributed by atoms with Gasteiger partial charge in [-0.25, -0.2) is 15.0 Å². The lowest BCUT2D eigenvalue weighted by molar-refractivity contribution is 0.590. The van der Waals surface area contributed by atoms with Crippen molar-refractivity contribution >= 4 is 27.5 Å². The normalized spacial score (nSPS) is 12.4. The Hall–Kier alpha value is -7.53. The largest absolute Gasteiger partial charge is 0.208 e. The highest BCUT2D eigenvalue weighted by molar-refractivity contribution is 7.20. The molecule has 0 saturated carbocycles. The topological polar surface area (TPSA) is 38.7 Å². The first-order chi connectivity index (χ1) is 31.8. The maximum Gasteiger partial charge on any atom is 0.165 e. The molecule has 0 saturated heterocycles. The molecule has 0 amide bonds. The zero-order valence-electron chi connectivity index (χ0n) is 36.8. The summed E-state index contributed by atoms with van der Waals surface area (Å²) >= 11 is 1.89. The molecule has 0 fully saturated rings. The smallest absolute Gasteiger partial charge is 0.165 e. The van der Waals surface area contributed by atoms with Crippen molar-refractivity contribution in [3.05, 3.63) is 216 Å². The van der Waals surface area contributed by atoms with Gasteiger partial charge in [0.15, 0.2) is 17.5 Å². The van der Waals surface area contributed by atoms with Crippen molar-refractivity contribution in [3.8, 4) is 89.8 Å². The fourth-order valence-electron chi connectivity index (χ4n) is 9.07. The standard InChI is InChI=1S/C61H47N3S/c1-61(2,3)51-30-28-43(29-31-51)52-32-33-54(57-56(52)53-26-16-17-27-55(53)65-57)60-63-58(44-24-14-7-15-25-44)62-59(64-60)50-38-47(42-22-12-6-13-23-42)37-49(39-50)48-35-45(40-18-8-4-9-19-40)34-46(36-48)41-20-10-5-11-21-41/h4-16,18-26,28-39H,17,27H2,1-3H3. The van der Waals surface area contributed by atoms with Crippen LogP contribution in [0.1, 0.15) is 43.2 Å². The van der Waals surface area contributed by atoms with Gasteiger partial charge in [-0.05, 0) is 127 Å². The molecule has 8 aromatic carbocycles. The quantitative estimate of drug-likeness (QED) is 0.153. The Balaban J connectivity index is 1.13. The second kappa shape index (κ2) is 16.9. The van der Waals surface area contributed by atoms with E-state index in [0.717, 1.165) is 62.9 Å². The summed E-state index contributed by atoms with van der Waals surface area (Å²) in [5.74, 6) is 1.94. The Bertz CT molecular complexity index is 3310. The first kappa shape index (κ1) is 40.3. The monoisotopic (exact) mass is 853 g/mol. The molecule has 0 bridgehead atoms. The van der Waals surface area contributed by atoms with Crippen LogP contribution in [-0.4, -0.2) is 15.0 Å². The molecule has 2 aromatic heterocycles. The van der Waals surface area contributed by atoms with Crippen molar-refractivity contribution in [1.29, 1.82) is 0 Å². The second-order valence-electron chi connectivity index (χ2n) is 17.9. The Labute approximate surface area is 385 Å². The highest BCUT2D eigenvalue weighted by Crippen LogP contribution is 2.46. The van der Waals surface area contributed by atoms with Gasteiger partial charge in [0.05, 0.1) is 0 Å². The average Bonchev–Trinajstić information content (AvgIpc) is 3.76. The van der Waals surface area contributed by atoms with Crippen molar-refractivity contribution in [2.45, 2.75) is 39.0 Å². The molecular formula is C61H47N3S. The van der Waals surface area contributed by atoms with Gasteiger partial charge >= 0.3 is 0 Å². The van der Waals surface area contributed by atoms with Crippen LogP contribution in [-0.2, 0) is 11.8 Å². The number of thiophene rings is 1. The Kier molecular flexibility index (Phi) is 10.5. The molecule has 0 radical (unpaired) electrons. The molecule has 0 unspecified atom stereocenters. The van der Waals surface area contributed by atoms with Gasteiger partial charge in [-0.2, -0.15) is 0 Å². The summed E-state index contributed by atoms with van der Waals surface area (Å²) in [7, 11) is 0. The van der Waals surface area contributed by atoms with Crippen LogP contribution in [0.2, 0.25) is 0 Å². The van der Waals surface area contributed by atoms with Gasteiger partial charge in [0, 0.05) is 31.7 Å². The fraction of sp³-hybridized carbons (Fsp3) is 0.0984. The first-order valence-electron chi connectivity index (χ1n) is 22.5. The zero-order chi connectivity index (χ0) is 43.9. The average molecular weight is 854 g/mol. The summed E-state index contributed by atoms with van der Waals surface area (Å²) in [6, 6.07) is 69.6. The minimum absolute atomic E-state index is 0.0769. The number of nitrogens with zero attached hydrogens (tertiary/aromatic N) is 3. The number of hydrogen-bond donors (Lipinski definition) is 0. The molecule has 0 aliphatic heterocycles. The molecule has 10 aromatic rings. The van der Waals surface area contributed by atoms with Gasteiger partial charge in [-0.3, -0.25) is 0 Å². The van der Waals surface area contributed by atoms with Gasteiger partial charge in [-0.15, -0.1) is 11.3 Å². The van der Waals surface area contributed by atoms with Crippen molar-refractivity contribution in [1.82, 2.24) is 15.0 Å². The number of rotatable bonds is 8. The summed E-state index contributed by atoms with van der Waals surface area (Å²) in [5.41, 5.74) is 17.1. The van der Waals surface area contributed by atoms with E-state index < -0.39 is 0 Å². The minimum Gasteiger partial charge on any atom is -0.208 e. The maximum absolute atomic E-state index is 5.46. The van der Waals surface area contributed by atoms with Crippen LogP contribution in [0.4, 0.5) is 0 Å². The van der Waals surface area contributed by atoms with Gasteiger partial charge in [-0.1, -0.05) is 185 Å². The van der Waals surface area contributed by atoms with E-state index in [4.69, 9.17) is 15.0 Å². The Morgan fingerprint density at radius 3 is 1.34 bits per heavy atom. The molecule has 2 heterocycles. The lowest BCUT2D eigenvalue weighted by Gasteiger charge is -2.19. The van der Waals surface area contributed by atoms with Crippen LogP contribution in [0.25, 0.3) is 106 Å². The molecule has 1 aliphatic rings. The van der Waals surface area contributed by atoms with Crippen molar-refractivity contribution in [2.75, 3.05) is 0 Å². The number of allylic oxidation sites excluding steroid dienone is 1. The molecule has 0 N–H and O–H groups in total. The molecule has 1 aliphatic carbocycles. The maximum atomic E-state index is 5.46. The Morgan fingerprint density at radius 1 is 0.400 bits per heavy atom.